The van der Waals surface area contributed by atoms with Gasteiger partial charge >= 0.3 is 6.09 Å². The summed E-state index contributed by atoms with van der Waals surface area (Å²) in [4.78, 5) is 35.0. The quantitative estimate of drug-likeness (QED) is 0.318. The molecule has 3 aromatic rings. The number of nitrogens with one attached hydrogen (secondary N) is 3. The van der Waals surface area contributed by atoms with E-state index in [1.165, 1.54) is 35.6 Å². The molecular weight excluding hydrogens is 502 g/mol. The van der Waals surface area contributed by atoms with Crippen LogP contribution >= 0.6 is 0 Å². The van der Waals surface area contributed by atoms with Crippen LogP contribution in [-0.2, 0) is 20.7 Å². The predicted octanol–water partition coefficient (Wildman–Crippen LogP) is 6.52. The standard InChI is InChI=1S/C16H23N3O4.C15H14.C2H6/c1-11(20)18-19-14(21)13(10-12-8-6-5-7-9-12)17-15(22)23-16(2,3)4;1-2-11-12-7-3-5-9-14(12)15-10-6-4-8-13(11)15;1-2/h5-9,13H,10H2,1-4H3,(H,17,22)(H,18,20)(H,19,21);3-11H,2H2,1H3;1-2H3/t13-;;/m0../s1. The topological polar surface area (TPSA) is 96.5 Å². The first-order valence-electron chi connectivity index (χ1n) is 13.9. The number of alkyl carbamates (subject to hydrolysis) is 1. The summed E-state index contributed by atoms with van der Waals surface area (Å²) in [5.41, 5.74) is 10.5. The fourth-order valence-corrected chi connectivity index (χ4v) is 4.45. The second-order valence-electron chi connectivity index (χ2n) is 10.2. The summed E-state index contributed by atoms with van der Waals surface area (Å²) in [5.74, 6) is -0.332. The molecule has 1 aliphatic rings. The molecule has 4 rings (SSSR count). The zero-order valence-corrected chi connectivity index (χ0v) is 24.7. The number of carbonyl (C=O) groups excluding carboxylic acids is 3. The molecule has 7 nitrogen and oxygen atoms in total. The fourth-order valence-electron chi connectivity index (χ4n) is 4.45. The van der Waals surface area contributed by atoms with E-state index >= 15 is 0 Å². The number of hydrogen-bond donors (Lipinski definition) is 3. The summed E-state index contributed by atoms with van der Waals surface area (Å²) in [6.07, 6.45) is 0.760. The number of carbonyl (C=O) groups is 3. The predicted molar refractivity (Wildman–Crippen MR) is 161 cm³/mol. The average molecular weight is 546 g/mol. The molecule has 0 heterocycles. The minimum atomic E-state index is -0.876. The van der Waals surface area contributed by atoms with E-state index in [4.69, 9.17) is 4.74 Å². The SMILES string of the molecule is CC.CC(=O)NNC(=O)[C@H](Cc1ccccc1)NC(=O)OC(C)(C)C.CCC1c2ccccc2-c2ccccc21. The molecule has 3 amide bonds. The summed E-state index contributed by atoms with van der Waals surface area (Å²) in [6, 6.07) is 25.9. The fraction of sp³-hybridized carbons (Fsp3) is 0.364. The van der Waals surface area contributed by atoms with Crippen LogP contribution in [0.5, 0.6) is 0 Å². The number of fused-ring (bicyclic) bond motifs is 3. The van der Waals surface area contributed by atoms with Crippen LogP contribution in [0, 0.1) is 0 Å². The molecule has 0 saturated carbocycles. The second kappa shape index (κ2) is 15.5. The van der Waals surface area contributed by atoms with E-state index in [0.717, 1.165) is 5.56 Å². The smallest absolute Gasteiger partial charge is 0.408 e. The van der Waals surface area contributed by atoms with E-state index in [2.05, 4.69) is 71.6 Å². The maximum atomic E-state index is 12.2. The summed E-state index contributed by atoms with van der Waals surface area (Å²) >= 11 is 0. The minimum Gasteiger partial charge on any atom is -0.444 e. The highest BCUT2D eigenvalue weighted by Crippen LogP contribution is 2.45. The van der Waals surface area contributed by atoms with Gasteiger partial charge in [-0.3, -0.25) is 20.4 Å². The minimum absolute atomic E-state index is 0.269. The van der Waals surface area contributed by atoms with Crippen LogP contribution in [0.4, 0.5) is 4.79 Å². The summed E-state index contributed by atoms with van der Waals surface area (Å²) < 4.78 is 5.16. The van der Waals surface area contributed by atoms with Gasteiger partial charge in [-0.2, -0.15) is 0 Å². The Bertz CT molecular complexity index is 1210. The van der Waals surface area contributed by atoms with Gasteiger partial charge in [-0.15, -0.1) is 0 Å². The lowest BCUT2D eigenvalue weighted by atomic mass is 9.95. The summed E-state index contributed by atoms with van der Waals surface area (Å²) in [5, 5.41) is 2.52. The van der Waals surface area contributed by atoms with Crippen molar-refractivity contribution >= 4 is 17.9 Å². The van der Waals surface area contributed by atoms with Gasteiger partial charge < -0.3 is 10.1 Å². The molecule has 7 heteroatoms. The van der Waals surface area contributed by atoms with Crippen molar-refractivity contribution in [3.63, 3.8) is 0 Å². The Balaban J connectivity index is 0.000000281. The van der Waals surface area contributed by atoms with Gasteiger partial charge in [-0.1, -0.05) is 99.6 Å². The van der Waals surface area contributed by atoms with Crippen LogP contribution in [0.1, 0.15) is 77.5 Å². The Morgan fingerprint density at radius 1 is 0.800 bits per heavy atom. The molecule has 0 fully saturated rings. The monoisotopic (exact) mass is 545 g/mol. The molecule has 0 spiro atoms. The van der Waals surface area contributed by atoms with Crippen LogP contribution in [0.2, 0.25) is 0 Å². The van der Waals surface area contributed by atoms with Crippen molar-refractivity contribution < 1.29 is 19.1 Å². The first-order valence-corrected chi connectivity index (χ1v) is 13.9. The Morgan fingerprint density at radius 2 is 1.30 bits per heavy atom. The van der Waals surface area contributed by atoms with E-state index in [1.807, 2.05) is 44.2 Å². The number of rotatable bonds is 5. The zero-order valence-electron chi connectivity index (χ0n) is 24.7. The van der Waals surface area contributed by atoms with Crippen molar-refractivity contribution in [3.05, 3.63) is 95.6 Å². The van der Waals surface area contributed by atoms with E-state index in [-0.39, 0.29) is 6.42 Å². The van der Waals surface area contributed by atoms with Crippen molar-refractivity contribution in [1.82, 2.24) is 16.2 Å². The molecule has 0 saturated heterocycles. The lowest BCUT2D eigenvalue weighted by molar-refractivity contribution is -0.129. The number of amides is 3. The molecule has 0 aromatic heterocycles. The third-order valence-corrected chi connectivity index (χ3v) is 6.02. The van der Waals surface area contributed by atoms with Crippen LogP contribution in [-0.4, -0.2) is 29.6 Å². The molecule has 3 N–H and O–H groups in total. The molecule has 0 aliphatic heterocycles. The molecule has 1 aliphatic carbocycles. The van der Waals surface area contributed by atoms with Crippen LogP contribution in [0.3, 0.4) is 0 Å². The van der Waals surface area contributed by atoms with E-state index in [1.54, 1.807) is 20.8 Å². The van der Waals surface area contributed by atoms with Crippen molar-refractivity contribution in [2.24, 2.45) is 0 Å². The van der Waals surface area contributed by atoms with Crippen LogP contribution in [0.25, 0.3) is 11.1 Å². The third kappa shape index (κ3) is 9.56. The second-order valence-corrected chi connectivity index (χ2v) is 10.2. The highest BCUT2D eigenvalue weighted by atomic mass is 16.6. The summed E-state index contributed by atoms with van der Waals surface area (Å²) in [7, 11) is 0. The number of benzene rings is 3. The van der Waals surface area contributed by atoms with Crippen LogP contribution in [0.15, 0.2) is 78.9 Å². The molecule has 0 unspecified atom stereocenters. The lowest BCUT2D eigenvalue weighted by Crippen LogP contribution is -2.53. The van der Waals surface area contributed by atoms with E-state index < -0.39 is 29.6 Å². The number of hydrazine groups is 1. The Labute approximate surface area is 238 Å². The Hall–Kier alpha value is -4.13. The highest BCUT2D eigenvalue weighted by Gasteiger charge is 2.26. The molecular formula is C33H43N3O4. The van der Waals surface area contributed by atoms with Crippen molar-refractivity contribution in [2.75, 3.05) is 0 Å². The highest BCUT2D eigenvalue weighted by molar-refractivity contribution is 5.87. The van der Waals surface area contributed by atoms with E-state index in [0.29, 0.717) is 5.92 Å². The zero-order chi connectivity index (χ0) is 29.7. The summed E-state index contributed by atoms with van der Waals surface area (Å²) in [6.45, 7) is 12.7. The van der Waals surface area contributed by atoms with Gasteiger partial charge in [0, 0.05) is 19.3 Å². The largest absolute Gasteiger partial charge is 0.444 e. The maximum absolute atomic E-state index is 12.2. The third-order valence-electron chi connectivity index (χ3n) is 6.02. The van der Waals surface area contributed by atoms with Crippen LogP contribution < -0.4 is 16.2 Å². The average Bonchev–Trinajstić information content (AvgIpc) is 3.26. The molecule has 1 atom stereocenters. The maximum Gasteiger partial charge on any atom is 0.408 e. The lowest BCUT2D eigenvalue weighted by Gasteiger charge is -2.23. The van der Waals surface area contributed by atoms with Gasteiger partial charge in [0.15, 0.2) is 0 Å². The molecule has 0 bridgehead atoms. The van der Waals surface area contributed by atoms with Crippen molar-refractivity contribution in [3.8, 4) is 11.1 Å². The molecule has 214 valence electrons. The van der Waals surface area contributed by atoms with E-state index in [9.17, 15) is 14.4 Å². The number of ether oxygens (including phenoxy) is 1. The van der Waals surface area contributed by atoms with Gasteiger partial charge in [-0.25, -0.2) is 4.79 Å². The first kappa shape index (κ1) is 32.1. The van der Waals surface area contributed by atoms with Gasteiger partial charge in [-0.05, 0) is 55.0 Å². The van der Waals surface area contributed by atoms with Gasteiger partial charge in [0.25, 0.3) is 5.91 Å². The Kier molecular flexibility index (Phi) is 12.4. The van der Waals surface area contributed by atoms with Crippen molar-refractivity contribution in [1.29, 1.82) is 0 Å². The van der Waals surface area contributed by atoms with Gasteiger partial charge in [0.2, 0.25) is 5.91 Å². The normalized spacial score (nSPS) is 12.2. The van der Waals surface area contributed by atoms with Gasteiger partial charge in [0.1, 0.15) is 11.6 Å². The molecule has 0 radical (unpaired) electrons. The molecule has 40 heavy (non-hydrogen) atoms. The first-order chi connectivity index (χ1) is 19.1. The number of hydrogen-bond acceptors (Lipinski definition) is 4. The van der Waals surface area contributed by atoms with Gasteiger partial charge in [0.05, 0.1) is 0 Å². The van der Waals surface area contributed by atoms with Crippen molar-refractivity contribution in [2.45, 2.75) is 78.9 Å². The molecule has 3 aromatic carbocycles. The Morgan fingerprint density at radius 3 is 1.77 bits per heavy atom.